The molecule has 0 saturated carbocycles. The summed E-state index contributed by atoms with van der Waals surface area (Å²) in [5.41, 5.74) is 4.14. The summed E-state index contributed by atoms with van der Waals surface area (Å²) in [4.78, 5) is 37.6. The van der Waals surface area contributed by atoms with E-state index in [-0.39, 0.29) is 25.6 Å². The number of carboxylic acids is 1. The molecule has 2 aromatic carbocycles. The molecule has 1 saturated heterocycles. The van der Waals surface area contributed by atoms with Crippen LogP contribution in [0.4, 0.5) is 13.6 Å². The zero-order valence-corrected chi connectivity index (χ0v) is 17.8. The molecule has 1 atom stereocenters. The number of ether oxygens (including phenoxy) is 1. The first-order chi connectivity index (χ1) is 15.7. The first-order valence-corrected chi connectivity index (χ1v) is 10.7. The van der Waals surface area contributed by atoms with Crippen molar-refractivity contribution >= 4 is 18.0 Å². The lowest BCUT2D eigenvalue weighted by molar-refractivity contribution is -0.145. The predicted octanol–water partition coefficient (Wildman–Crippen LogP) is 3.63. The minimum atomic E-state index is -2.85. The zero-order chi connectivity index (χ0) is 23.6. The van der Waals surface area contributed by atoms with Crippen LogP contribution in [0.15, 0.2) is 48.5 Å². The highest BCUT2D eigenvalue weighted by Crippen LogP contribution is 2.44. The number of aliphatic carboxylic acids is 1. The number of alkyl halides is 2. The SMILES string of the molecule is O=C(O)CC(NC(=O)OCC1c2ccccc2-c2ccccc21)C(=O)N1CCC(F)(F)CC1. The number of fused-ring (bicyclic) bond motifs is 3. The van der Waals surface area contributed by atoms with Gasteiger partial charge < -0.3 is 20.1 Å². The van der Waals surface area contributed by atoms with Gasteiger partial charge in [0.25, 0.3) is 5.92 Å². The second-order valence-electron chi connectivity index (χ2n) is 8.30. The Labute approximate surface area is 189 Å². The Hall–Kier alpha value is -3.49. The zero-order valence-electron chi connectivity index (χ0n) is 17.8. The summed E-state index contributed by atoms with van der Waals surface area (Å²) in [5, 5.41) is 11.5. The van der Waals surface area contributed by atoms with Crippen LogP contribution < -0.4 is 5.32 Å². The second-order valence-corrected chi connectivity index (χ2v) is 8.30. The maximum Gasteiger partial charge on any atom is 0.407 e. The van der Waals surface area contributed by atoms with Gasteiger partial charge in [-0.15, -0.1) is 0 Å². The van der Waals surface area contributed by atoms with Crippen molar-refractivity contribution in [1.29, 1.82) is 0 Å². The average Bonchev–Trinajstić information content (AvgIpc) is 3.10. The van der Waals surface area contributed by atoms with E-state index >= 15 is 0 Å². The molecule has 4 rings (SSSR count). The van der Waals surface area contributed by atoms with Crippen LogP contribution in [-0.4, -0.2) is 59.6 Å². The van der Waals surface area contributed by atoms with Crippen molar-refractivity contribution in [3.05, 3.63) is 59.7 Å². The number of hydrogen-bond acceptors (Lipinski definition) is 4. The van der Waals surface area contributed by atoms with Crippen molar-refractivity contribution in [3.63, 3.8) is 0 Å². The summed E-state index contributed by atoms with van der Waals surface area (Å²) in [6.07, 6.45) is -2.60. The fourth-order valence-electron chi connectivity index (χ4n) is 4.43. The normalized spacial score (nSPS) is 17.6. The molecule has 1 fully saturated rings. The van der Waals surface area contributed by atoms with Gasteiger partial charge in [0.1, 0.15) is 12.6 Å². The molecule has 2 N–H and O–H groups in total. The van der Waals surface area contributed by atoms with Gasteiger partial charge in [-0.3, -0.25) is 9.59 Å². The lowest BCUT2D eigenvalue weighted by atomic mass is 9.98. The van der Waals surface area contributed by atoms with Crippen molar-refractivity contribution in [2.24, 2.45) is 0 Å². The fourth-order valence-corrected chi connectivity index (χ4v) is 4.43. The van der Waals surface area contributed by atoms with Crippen LogP contribution >= 0.6 is 0 Å². The van der Waals surface area contributed by atoms with E-state index < -0.39 is 49.2 Å². The number of carbonyl (C=O) groups is 3. The van der Waals surface area contributed by atoms with Crippen LogP contribution in [0.25, 0.3) is 11.1 Å². The van der Waals surface area contributed by atoms with E-state index in [9.17, 15) is 23.2 Å². The van der Waals surface area contributed by atoms with Gasteiger partial charge in [0.2, 0.25) is 5.91 Å². The Morgan fingerprint density at radius 2 is 1.58 bits per heavy atom. The van der Waals surface area contributed by atoms with E-state index in [1.807, 2.05) is 48.5 Å². The van der Waals surface area contributed by atoms with E-state index in [1.54, 1.807) is 0 Å². The third-order valence-corrected chi connectivity index (χ3v) is 6.12. The molecule has 1 heterocycles. The Morgan fingerprint density at radius 3 is 2.12 bits per heavy atom. The maximum atomic E-state index is 13.4. The average molecular weight is 458 g/mol. The number of amides is 2. The molecule has 0 spiro atoms. The largest absolute Gasteiger partial charge is 0.481 e. The third kappa shape index (κ3) is 4.97. The quantitative estimate of drug-likeness (QED) is 0.689. The van der Waals surface area contributed by atoms with E-state index in [4.69, 9.17) is 9.84 Å². The van der Waals surface area contributed by atoms with Crippen molar-refractivity contribution in [1.82, 2.24) is 10.2 Å². The predicted molar refractivity (Wildman–Crippen MR) is 115 cm³/mol. The van der Waals surface area contributed by atoms with Gasteiger partial charge in [0.15, 0.2) is 0 Å². The van der Waals surface area contributed by atoms with Gasteiger partial charge in [-0.05, 0) is 22.3 Å². The monoisotopic (exact) mass is 458 g/mol. The Balaban J connectivity index is 1.41. The van der Waals surface area contributed by atoms with E-state index in [1.165, 1.54) is 0 Å². The van der Waals surface area contributed by atoms with Crippen LogP contribution in [0.3, 0.4) is 0 Å². The number of hydrogen-bond donors (Lipinski definition) is 2. The highest BCUT2D eigenvalue weighted by atomic mass is 19.3. The number of likely N-dealkylation sites (tertiary alicyclic amines) is 1. The van der Waals surface area contributed by atoms with Crippen LogP contribution in [0, 0.1) is 0 Å². The number of alkyl carbamates (subject to hydrolysis) is 1. The van der Waals surface area contributed by atoms with E-state index in [2.05, 4.69) is 5.32 Å². The summed E-state index contributed by atoms with van der Waals surface area (Å²) < 4.78 is 32.2. The standard InChI is InChI=1S/C24H24F2N2O5/c25-24(26)9-11-28(12-10-24)22(31)20(13-21(29)30)27-23(32)33-14-19-17-7-3-1-5-15(17)16-6-2-4-8-18(16)19/h1-8,19-20H,9-14H2,(H,27,32)(H,29,30). The number of nitrogens with one attached hydrogen (secondary N) is 1. The minimum absolute atomic E-state index is 0.00375. The molecule has 2 aliphatic rings. The fraction of sp³-hybridized carbons (Fsp3) is 0.375. The first-order valence-electron chi connectivity index (χ1n) is 10.7. The van der Waals surface area contributed by atoms with Crippen molar-refractivity contribution in [2.75, 3.05) is 19.7 Å². The molecule has 1 aliphatic heterocycles. The molecule has 7 nitrogen and oxygen atoms in total. The summed E-state index contributed by atoms with van der Waals surface area (Å²) in [6.45, 7) is -0.396. The molecular weight excluding hydrogens is 434 g/mol. The van der Waals surface area contributed by atoms with Crippen LogP contribution in [-0.2, 0) is 14.3 Å². The van der Waals surface area contributed by atoms with Crippen molar-refractivity contribution < 1.29 is 33.0 Å². The molecule has 2 aromatic rings. The number of benzene rings is 2. The molecule has 1 unspecified atom stereocenters. The number of halogens is 2. The van der Waals surface area contributed by atoms with E-state index in [0.29, 0.717) is 0 Å². The molecule has 2 amide bonds. The van der Waals surface area contributed by atoms with Crippen molar-refractivity contribution in [3.8, 4) is 11.1 Å². The van der Waals surface area contributed by atoms with Gasteiger partial charge in [-0.1, -0.05) is 48.5 Å². The second kappa shape index (κ2) is 9.17. The summed E-state index contributed by atoms with van der Waals surface area (Å²) >= 11 is 0. The summed E-state index contributed by atoms with van der Waals surface area (Å²) in [5.74, 6) is -5.05. The van der Waals surface area contributed by atoms with E-state index in [0.717, 1.165) is 27.2 Å². The van der Waals surface area contributed by atoms with Gasteiger partial charge in [-0.2, -0.15) is 0 Å². The van der Waals surface area contributed by atoms with Gasteiger partial charge >= 0.3 is 12.1 Å². The lowest BCUT2D eigenvalue weighted by Crippen LogP contribution is -2.53. The number of piperidine rings is 1. The maximum absolute atomic E-state index is 13.4. The summed E-state index contributed by atoms with van der Waals surface area (Å²) in [6, 6.07) is 14.2. The lowest BCUT2D eigenvalue weighted by Gasteiger charge is -2.33. The van der Waals surface area contributed by atoms with Crippen molar-refractivity contribution in [2.45, 2.75) is 37.1 Å². The van der Waals surface area contributed by atoms with Crippen LogP contribution in [0.1, 0.15) is 36.3 Å². The Morgan fingerprint density at radius 1 is 1.03 bits per heavy atom. The highest BCUT2D eigenvalue weighted by molar-refractivity contribution is 5.89. The van der Waals surface area contributed by atoms with Gasteiger partial charge in [0, 0.05) is 31.8 Å². The topological polar surface area (TPSA) is 95.9 Å². The molecule has 174 valence electrons. The highest BCUT2D eigenvalue weighted by Gasteiger charge is 2.38. The number of rotatable bonds is 6. The van der Waals surface area contributed by atoms with Crippen LogP contribution in [0.2, 0.25) is 0 Å². The van der Waals surface area contributed by atoms with Gasteiger partial charge in [-0.25, -0.2) is 13.6 Å². The number of carboxylic acid groups (broad SMARTS) is 1. The summed E-state index contributed by atoms with van der Waals surface area (Å²) in [7, 11) is 0. The molecule has 33 heavy (non-hydrogen) atoms. The molecule has 9 heteroatoms. The molecular formula is C24H24F2N2O5. The molecule has 0 bridgehead atoms. The minimum Gasteiger partial charge on any atom is -0.481 e. The Kier molecular flexibility index (Phi) is 6.31. The number of nitrogens with zero attached hydrogens (tertiary/aromatic N) is 1. The van der Waals surface area contributed by atoms with Gasteiger partial charge in [0.05, 0.1) is 6.42 Å². The Bertz CT molecular complexity index is 1020. The first kappa shape index (κ1) is 22.7. The molecule has 0 aromatic heterocycles. The molecule has 1 aliphatic carbocycles. The molecule has 0 radical (unpaired) electrons. The smallest absolute Gasteiger partial charge is 0.407 e. The number of carbonyl (C=O) groups excluding carboxylic acids is 2. The third-order valence-electron chi connectivity index (χ3n) is 6.12. The van der Waals surface area contributed by atoms with Crippen LogP contribution in [0.5, 0.6) is 0 Å².